The van der Waals surface area contributed by atoms with Gasteiger partial charge in [0.05, 0.1) is 10.2 Å². The lowest BCUT2D eigenvalue weighted by Crippen LogP contribution is -2.41. The Labute approximate surface area is 134 Å². The highest BCUT2D eigenvalue weighted by Crippen LogP contribution is 2.32. The second-order valence-corrected chi connectivity index (χ2v) is 8.09. The van der Waals surface area contributed by atoms with Crippen LogP contribution in [0.1, 0.15) is 25.7 Å². The summed E-state index contributed by atoms with van der Waals surface area (Å²) in [5.41, 5.74) is 2.39. The number of rotatable bonds is 3. The largest absolute Gasteiger partial charge is 0.381 e. The number of aromatic nitrogens is 1. The van der Waals surface area contributed by atoms with Crippen molar-refractivity contribution in [2.45, 2.75) is 42.1 Å². The molecule has 2 unspecified atom stereocenters. The first-order valence-electron chi connectivity index (χ1n) is 7.79. The van der Waals surface area contributed by atoms with Crippen molar-refractivity contribution >= 4 is 39.0 Å². The van der Waals surface area contributed by atoms with E-state index in [1.54, 1.807) is 23.1 Å². The highest BCUT2D eigenvalue weighted by atomic mass is 32.2. The van der Waals surface area contributed by atoms with Crippen LogP contribution >= 0.6 is 23.1 Å². The van der Waals surface area contributed by atoms with E-state index in [4.69, 9.17) is 0 Å². The summed E-state index contributed by atoms with van der Waals surface area (Å²) in [5.74, 6) is 0. The molecule has 2 aliphatic rings. The van der Waals surface area contributed by atoms with Crippen molar-refractivity contribution in [3.63, 3.8) is 0 Å². The second-order valence-electron chi connectivity index (χ2n) is 6.01. The summed E-state index contributed by atoms with van der Waals surface area (Å²) >= 11 is 3.52. The average Bonchev–Trinajstić information content (AvgIpc) is 3.11. The lowest BCUT2D eigenvalue weighted by molar-refractivity contribution is 0.193. The third kappa shape index (κ3) is 2.67. The zero-order valence-electron chi connectivity index (χ0n) is 12.3. The molecule has 0 radical (unpaired) electrons. The van der Waals surface area contributed by atoms with Crippen LogP contribution in [-0.4, -0.2) is 41.3 Å². The Hall–Kier alpha value is -0.780. The summed E-state index contributed by atoms with van der Waals surface area (Å²) in [6, 6.07) is 7.99. The Morgan fingerprint density at radius 1 is 1.29 bits per heavy atom. The number of nitrogens with zero attached hydrogens (tertiary/aromatic N) is 2. The molecular formula is C16H21N3S2. The number of hydrogen-bond acceptors (Lipinski definition) is 5. The number of piperidine rings is 1. The third-order valence-corrected chi connectivity index (χ3v) is 6.75. The molecule has 2 aromatic rings. The molecule has 4 rings (SSSR count). The molecule has 2 fully saturated rings. The Morgan fingerprint density at radius 3 is 3.14 bits per heavy atom. The Bertz CT molecular complexity index is 639. The van der Waals surface area contributed by atoms with E-state index in [0.29, 0.717) is 6.04 Å². The number of nitrogens with one attached hydrogen (secondary N) is 1. The summed E-state index contributed by atoms with van der Waals surface area (Å²) in [6.45, 7) is 2.57. The van der Waals surface area contributed by atoms with Crippen molar-refractivity contribution in [2.75, 3.05) is 24.7 Å². The fourth-order valence-corrected chi connectivity index (χ4v) is 5.24. The van der Waals surface area contributed by atoms with Gasteiger partial charge in [0, 0.05) is 24.3 Å². The van der Waals surface area contributed by atoms with Crippen LogP contribution < -0.4 is 5.32 Å². The van der Waals surface area contributed by atoms with Gasteiger partial charge in [0.1, 0.15) is 0 Å². The minimum atomic E-state index is 0.621. The standard InChI is InChI=1S/C16H21N3S2/c1-20-16-18-13-6-5-11(10-15(13)21-16)17-12-7-9-19-8-3-2-4-14(12)19/h5-6,10,12,14,17H,2-4,7-9H2,1H3. The first-order chi connectivity index (χ1) is 10.3. The van der Waals surface area contributed by atoms with Crippen molar-refractivity contribution < 1.29 is 0 Å². The summed E-state index contributed by atoms with van der Waals surface area (Å²) in [6.07, 6.45) is 7.50. The molecule has 21 heavy (non-hydrogen) atoms. The van der Waals surface area contributed by atoms with Crippen LogP contribution in [-0.2, 0) is 0 Å². The summed E-state index contributed by atoms with van der Waals surface area (Å²) in [5, 5.41) is 3.79. The number of thiazole rings is 1. The van der Waals surface area contributed by atoms with E-state index < -0.39 is 0 Å². The van der Waals surface area contributed by atoms with Crippen molar-refractivity contribution in [2.24, 2.45) is 0 Å². The molecule has 2 aliphatic heterocycles. The minimum Gasteiger partial charge on any atom is -0.381 e. The minimum absolute atomic E-state index is 0.621. The van der Waals surface area contributed by atoms with Gasteiger partial charge >= 0.3 is 0 Å². The smallest absolute Gasteiger partial charge is 0.150 e. The van der Waals surface area contributed by atoms with Gasteiger partial charge in [-0.3, -0.25) is 4.90 Å². The third-order valence-electron chi connectivity index (χ3n) is 4.75. The molecule has 0 bridgehead atoms. The second kappa shape index (κ2) is 5.78. The molecule has 112 valence electrons. The molecular weight excluding hydrogens is 298 g/mol. The van der Waals surface area contributed by atoms with Crippen molar-refractivity contribution in [1.29, 1.82) is 0 Å². The molecule has 3 heterocycles. The molecule has 1 aromatic carbocycles. The van der Waals surface area contributed by atoms with Crippen LogP contribution in [0.15, 0.2) is 22.5 Å². The Morgan fingerprint density at radius 2 is 2.24 bits per heavy atom. The van der Waals surface area contributed by atoms with E-state index in [1.165, 1.54) is 49.2 Å². The van der Waals surface area contributed by atoms with Gasteiger partial charge in [-0.2, -0.15) is 0 Å². The van der Waals surface area contributed by atoms with E-state index >= 15 is 0 Å². The van der Waals surface area contributed by atoms with Crippen LogP contribution in [0.2, 0.25) is 0 Å². The Balaban J connectivity index is 1.53. The molecule has 5 heteroatoms. The van der Waals surface area contributed by atoms with Crippen LogP contribution in [0.25, 0.3) is 10.2 Å². The van der Waals surface area contributed by atoms with Gasteiger partial charge in [0.15, 0.2) is 4.34 Å². The average molecular weight is 319 g/mol. The highest BCUT2D eigenvalue weighted by molar-refractivity contribution is 8.00. The summed E-state index contributed by atoms with van der Waals surface area (Å²) < 4.78 is 2.45. The van der Waals surface area contributed by atoms with Gasteiger partial charge < -0.3 is 5.32 Å². The van der Waals surface area contributed by atoms with Gasteiger partial charge in [-0.25, -0.2) is 4.98 Å². The molecule has 3 nitrogen and oxygen atoms in total. The van der Waals surface area contributed by atoms with Gasteiger partial charge in [-0.15, -0.1) is 11.3 Å². The summed E-state index contributed by atoms with van der Waals surface area (Å²) in [4.78, 5) is 7.29. The fraction of sp³-hybridized carbons (Fsp3) is 0.562. The quantitative estimate of drug-likeness (QED) is 0.864. The lowest BCUT2D eigenvalue weighted by Gasteiger charge is -2.32. The SMILES string of the molecule is CSc1nc2ccc(NC3CCN4CCCCC34)cc2s1. The number of hydrogen-bond donors (Lipinski definition) is 1. The van der Waals surface area contributed by atoms with Crippen LogP contribution in [0, 0.1) is 0 Å². The van der Waals surface area contributed by atoms with Gasteiger partial charge in [0.2, 0.25) is 0 Å². The van der Waals surface area contributed by atoms with E-state index in [1.807, 2.05) is 0 Å². The summed E-state index contributed by atoms with van der Waals surface area (Å²) in [7, 11) is 0. The predicted molar refractivity (Wildman–Crippen MR) is 92.6 cm³/mol. The zero-order valence-corrected chi connectivity index (χ0v) is 14.0. The monoisotopic (exact) mass is 319 g/mol. The number of benzene rings is 1. The van der Waals surface area contributed by atoms with Crippen molar-refractivity contribution in [1.82, 2.24) is 9.88 Å². The molecule has 1 aromatic heterocycles. The van der Waals surface area contributed by atoms with Gasteiger partial charge in [0.25, 0.3) is 0 Å². The highest BCUT2D eigenvalue weighted by Gasteiger charge is 2.35. The molecule has 0 saturated carbocycles. The number of fused-ring (bicyclic) bond motifs is 2. The van der Waals surface area contributed by atoms with Crippen LogP contribution in [0.5, 0.6) is 0 Å². The first-order valence-corrected chi connectivity index (χ1v) is 9.83. The maximum Gasteiger partial charge on any atom is 0.150 e. The van der Waals surface area contributed by atoms with E-state index in [9.17, 15) is 0 Å². The van der Waals surface area contributed by atoms with Crippen LogP contribution in [0.3, 0.4) is 0 Å². The number of anilines is 1. The van der Waals surface area contributed by atoms with E-state index in [0.717, 1.165) is 15.9 Å². The molecule has 2 atom stereocenters. The van der Waals surface area contributed by atoms with E-state index in [-0.39, 0.29) is 0 Å². The maximum absolute atomic E-state index is 4.62. The number of thioether (sulfide) groups is 1. The predicted octanol–water partition coefficient (Wildman–Crippen LogP) is 4.06. The molecule has 1 N–H and O–H groups in total. The van der Waals surface area contributed by atoms with E-state index in [2.05, 4.69) is 39.7 Å². The first kappa shape index (κ1) is 13.9. The topological polar surface area (TPSA) is 28.2 Å². The zero-order chi connectivity index (χ0) is 14.2. The van der Waals surface area contributed by atoms with Gasteiger partial charge in [-0.1, -0.05) is 18.2 Å². The lowest BCUT2D eigenvalue weighted by atomic mass is 9.99. The molecule has 0 aliphatic carbocycles. The molecule has 2 saturated heterocycles. The van der Waals surface area contributed by atoms with Gasteiger partial charge in [-0.05, 0) is 50.3 Å². The normalized spacial score (nSPS) is 26.1. The fourth-order valence-electron chi connectivity index (χ4n) is 3.71. The van der Waals surface area contributed by atoms with Crippen molar-refractivity contribution in [3.05, 3.63) is 18.2 Å². The Kier molecular flexibility index (Phi) is 3.81. The maximum atomic E-state index is 4.62. The van der Waals surface area contributed by atoms with Crippen LogP contribution in [0.4, 0.5) is 5.69 Å². The molecule has 0 spiro atoms. The molecule has 0 amide bonds. The van der Waals surface area contributed by atoms with Crippen molar-refractivity contribution in [3.8, 4) is 0 Å².